The van der Waals surface area contributed by atoms with Gasteiger partial charge in [0.15, 0.2) is 5.76 Å². The van der Waals surface area contributed by atoms with Crippen molar-refractivity contribution in [2.45, 2.75) is 24.8 Å². The molecule has 0 spiro atoms. The number of aromatic nitrogens is 3. The van der Waals surface area contributed by atoms with E-state index in [-0.39, 0.29) is 16.3 Å². The Morgan fingerprint density at radius 3 is 2.64 bits per heavy atom. The summed E-state index contributed by atoms with van der Waals surface area (Å²) in [5.41, 5.74) is 0.687. The molecule has 2 heterocycles. The van der Waals surface area contributed by atoms with E-state index < -0.39 is 21.9 Å². The van der Waals surface area contributed by atoms with Crippen LogP contribution in [0.4, 0.5) is 4.39 Å². The molecule has 0 amide bonds. The van der Waals surface area contributed by atoms with Crippen molar-refractivity contribution >= 4 is 10.0 Å². The number of imidazole rings is 1. The normalized spacial score (nSPS) is 13.1. The second kappa shape index (κ2) is 6.41. The maximum absolute atomic E-state index is 13.7. The van der Waals surface area contributed by atoms with E-state index in [1.165, 1.54) is 25.1 Å². The lowest BCUT2D eigenvalue weighted by molar-refractivity contribution is 0.390. The number of nitrogens with one attached hydrogen (secondary N) is 1. The van der Waals surface area contributed by atoms with E-state index >= 15 is 0 Å². The third-order valence-electron chi connectivity index (χ3n) is 3.81. The fraction of sp³-hybridized carbons (Fsp3) is 0.250. The average molecular weight is 364 g/mol. The van der Waals surface area contributed by atoms with Crippen molar-refractivity contribution in [3.63, 3.8) is 0 Å². The van der Waals surface area contributed by atoms with E-state index in [4.69, 9.17) is 4.52 Å². The molecule has 9 heteroatoms. The van der Waals surface area contributed by atoms with Crippen LogP contribution < -0.4 is 4.72 Å². The van der Waals surface area contributed by atoms with Crippen LogP contribution in [0.2, 0.25) is 0 Å². The summed E-state index contributed by atoms with van der Waals surface area (Å²) < 4.78 is 48.6. The first-order valence-corrected chi connectivity index (χ1v) is 8.96. The lowest BCUT2D eigenvalue weighted by atomic mass is 10.1. The zero-order valence-electron chi connectivity index (χ0n) is 13.9. The molecule has 2 aromatic heterocycles. The molecule has 1 aromatic carbocycles. The van der Waals surface area contributed by atoms with Gasteiger partial charge in [0.25, 0.3) is 0 Å². The number of hydrogen-bond acceptors (Lipinski definition) is 5. The Labute approximate surface area is 144 Å². The van der Waals surface area contributed by atoms with Crippen molar-refractivity contribution in [3.05, 3.63) is 65.3 Å². The SMILES string of the molecule is Cc1noc(C)c1S(=O)(=O)N[C@H](c1cccc(F)c1)c1nccn1C. The summed E-state index contributed by atoms with van der Waals surface area (Å²) in [6.45, 7) is 3.07. The Morgan fingerprint density at radius 1 is 1.32 bits per heavy atom. The lowest BCUT2D eigenvalue weighted by Gasteiger charge is -2.19. The van der Waals surface area contributed by atoms with E-state index in [0.29, 0.717) is 11.4 Å². The van der Waals surface area contributed by atoms with Gasteiger partial charge in [-0.25, -0.2) is 17.8 Å². The highest BCUT2D eigenvalue weighted by atomic mass is 32.2. The van der Waals surface area contributed by atoms with Crippen molar-refractivity contribution in [1.29, 1.82) is 0 Å². The summed E-state index contributed by atoms with van der Waals surface area (Å²) >= 11 is 0. The Kier molecular flexibility index (Phi) is 4.44. The van der Waals surface area contributed by atoms with Gasteiger partial charge in [-0.3, -0.25) is 0 Å². The van der Waals surface area contributed by atoms with E-state index in [1.54, 1.807) is 37.0 Å². The number of halogens is 1. The number of rotatable bonds is 5. The van der Waals surface area contributed by atoms with Gasteiger partial charge < -0.3 is 9.09 Å². The van der Waals surface area contributed by atoms with Crippen LogP contribution in [0.15, 0.2) is 46.1 Å². The quantitative estimate of drug-likeness (QED) is 0.750. The molecule has 0 saturated carbocycles. The van der Waals surface area contributed by atoms with Crippen molar-refractivity contribution in [2.24, 2.45) is 7.05 Å². The fourth-order valence-electron chi connectivity index (χ4n) is 2.68. The smallest absolute Gasteiger partial charge is 0.246 e. The second-order valence-electron chi connectivity index (χ2n) is 5.66. The minimum absolute atomic E-state index is 0.0249. The predicted octanol–water partition coefficient (Wildman–Crippen LogP) is 2.23. The highest BCUT2D eigenvalue weighted by Crippen LogP contribution is 2.26. The number of hydrogen-bond donors (Lipinski definition) is 1. The first-order chi connectivity index (χ1) is 11.8. The Hall–Kier alpha value is -2.52. The van der Waals surface area contributed by atoms with Crippen molar-refractivity contribution in [3.8, 4) is 0 Å². The van der Waals surface area contributed by atoms with Gasteiger partial charge in [0, 0.05) is 19.4 Å². The summed E-state index contributed by atoms with van der Waals surface area (Å²) in [5, 5.41) is 3.68. The van der Waals surface area contributed by atoms with Crippen LogP contribution in [0.3, 0.4) is 0 Å². The number of nitrogens with zero attached hydrogens (tertiary/aromatic N) is 3. The first kappa shape index (κ1) is 17.3. The number of aryl methyl sites for hydroxylation is 3. The molecule has 7 nitrogen and oxygen atoms in total. The van der Waals surface area contributed by atoms with Gasteiger partial charge >= 0.3 is 0 Å². The molecule has 25 heavy (non-hydrogen) atoms. The third-order valence-corrected chi connectivity index (χ3v) is 5.47. The third kappa shape index (κ3) is 3.33. The topological polar surface area (TPSA) is 90.0 Å². The molecule has 3 aromatic rings. The molecule has 0 unspecified atom stereocenters. The van der Waals surface area contributed by atoms with Gasteiger partial charge in [-0.2, -0.15) is 4.72 Å². The molecule has 0 fully saturated rings. The van der Waals surface area contributed by atoms with Crippen LogP contribution in [0.1, 0.15) is 28.9 Å². The van der Waals surface area contributed by atoms with Crippen LogP contribution in [-0.4, -0.2) is 23.1 Å². The average Bonchev–Trinajstić information content (AvgIpc) is 3.11. The molecule has 0 saturated heterocycles. The summed E-state index contributed by atoms with van der Waals surface area (Å²) in [6.07, 6.45) is 3.23. The molecule has 1 atom stereocenters. The van der Waals surface area contributed by atoms with E-state index in [9.17, 15) is 12.8 Å². The number of sulfonamides is 1. The molecule has 0 radical (unpaired) electrons. The van der Waals surface area contributed by atoms with E-state index in [2.05, 4.69) is 14.9 Å². The van der Waals surface area contributed by atoms with Gasteiger partial charge in [0.2, 0.25) is 10.0 Å². The monoisotopic (exact) mass is 364 g/mol. The highest BCUT2D eigenvalue weighted by Gasteiger charge is 2.30. The summed E-state index contributed by atoms with van der Waals surface area (Å²) in [4.78, 5) is 4.18. The molecule has 0 aliphatic carbocycles. The number of benzene rings is 1. The van der Waals surface area contributed by atoms with Crippen LogP contribution in [0.25, 0.3) is 0 Å². The summed E-state index contributed by atoms with van der Waals surface area (Å²) in [5.74, 6) is 0.150. The predicted molar refractivity (Wildman–Crippen MR) is 87.7 cm³/mol. The van der Waals surface area contributed by atoms with Crippen LogP contribution in [0, 0.1) is 19.7 Å². The van der Waals surface area contributed by atoms with Crippen LogP contribution >= 0.6 is 0 Å². The molecule has 0 bridgehead atoms. The van der Waals surface area contributed by atoms with Gasteiger partial charge in [-0.05, 0) is 31.5 Å². The zero-order valence-corrected chi connectivity index (χ0v) is 14.7. The van der Waals surface area contributed by atoms with Crippen molar-refractivity contribution in [1.82, 2.24) is 19.4 Å². The maximum atomic E-state index is 13.7. The van der Waals surface area contributed by atoms with Crippen LogP contribution in [-0.2, 0) is 17.1 Å². The minimum atomic E-state index is -3.96. The van der Waals surface area contributed by atoms with Crippen LogP contribution in [0.5, 0.6) is 0 Å². The van der Waals surface area contributed by atoms with Gasteiger partial charge in [0.05, 0.1) is 0 Å². The highest BCUT2D eigenvalue weighted by molar-refractivity contribution is 7.89. The largest absolute Gasteiger partial charge is 0.360 e. The second-order valence-corrected chi connectivity index (χ2v) is 7.31. The first-order valence-electron chi connectivity index (χ1n) is 7.47. The summed E-state index contributed by atoms with van der Waals surface area (Å²) in [6, 6.07) is 4.86. The van der Waals surface area contributed by atoms with E-state index in [1.807, 2.05) is 0 Å². The standard InChI is InChI=1S/C16H17FN4O3S/c1-10-15(11(2)24-19-10)25(22,23)20-14(16-18-7-8-21(16)3)12-5-4-6-13(17)9-12/h4-9,14,20H,1-3H3/t14-/m1/s1. The lowest BCUT2D eigenvalue weighted by Crippen LogP contribution is -2.31. The Bertz CT molecular complexity index is 991. The van der Waals surface area contributed by atoms with Crippen molar-refractivity contribution < 1.29 is 17.3 Å². The zero-order chi connectivity index (χ0) is 18.2. The van der Waals surface area contributed by atoms with Gasteiger partial charge in [-0.1, -0.05) is 17.3 Å². The Morgan fingerprint density at radius 2 is 2.08 bits per heavy atom. The Balaban J connectivity index is 2.09. The van der Waals surface area contributed by atoms with Crippen molar-refractivity contribution in [2.75, 3.05) is 0 Å². The van der Waals surface area contributed by atoms with E-state index in [0.717, 1.165) is 0 Å². The molecular formula is C16H17FN4O3S. The molecular weight excluding hydrogens is 347 g/mol. The molecule has 0 aliphatic heterocycles. The molecule has 3 rings (SSSR count). The maximum Gasteiger partial charge on any atom is 0.246 e. The summed E-state index contributed by atoms with van der Waals surface area (Å²) in [7, 11) is -2.23. The molecule has 0 aliphatic rings. The fourth-order valence-corrected chi connectivity index (χ4v) is 4.20. The van der Waals surface area contributed by atoms with Gasteiger partial charge in [-0.15, -0.1) is 0 Å². The van der Waals surface area contributed by atoms with Gasteiger partial charge in [0.1, 0.15) is 28.3 Å². The molecule has 132 valence electrons. The minimum Gasteiger partial charge on any atom is -0.360 e. The molecule has 1 N–H and O–H groups in total.